The van der Waals surface area contributed by atoms with E-state index in [0.717, 1.165) is 58.3 Å². The van der Waals surface area contributed by atoms with E-state index in [4.69, 9.17) is 0 Å². The van der Waals surface area contributed by atoms with Crippen LogP contribution in [0.3, 0.4) is 0 Å². The van der Waals surface area contributed by atoms with E-state index >= 15 is 0 Å². The summed E-state index contributed by atoms with van der Waals surface area (Å²) in [5.41, 5.74) is 0. The molecule has 1 aliphatic heterocycles. The molecule has 5 nitrogen and oxygen atoms in total. The number of nitrogens with one attached hydrogen (secondary N) is 2. The summed E-state index contributed by atoms with van der Waals surface area (Å²) in [6, 6.07) is 0.403. The first kappa shape index (κ1) is 20.2. The molecule has 0 aromatic heterocycles. The second-order valence-corrected chi connectivity index (χ2v) is 7.79. The molecule has 0 aromatic rings. The van der Waals surface area contributed by atoms with Gasteiger partial charge in [0, 0.05) is 32.1 Å². The van der Waals surface area contributed by atoms with Gasteiger partial charge in [-0.1, -0.05) is 39.0 Å². The molecule has 5 heteroatoms. The minimum absolute atomic E-state index is 0.0952. The van der Waals surface area contributed by atoms with Crippen molar-refractivity contribution < 1.29 is 9.59 Å². The topological polar surface area (TPSA) is 61.4 Å². The van der Waals surface area contributed by atoms with Gasteiger partial charge in [0.25, 0.3) is 0 Å². The average Bonchev–Trinajstić information content (AvgIpc) is 3.13. The lowest BCUT2D eigenvalue weighted by Gasteiger charge is -2.32. The van der Waals surface area contributed by atoms with Crippen LogP contribution >= 0.6 is 0 Å². The van der Waals surface area contributed by atoms with Gasteiger partial charge < -0.3 is 15.5 Å². The van der Waals surface area contributed by atoms with E-state index in [0.29, 0.717) is 12.5 Å². The number of carbonyl (C=O) groups excluding carboxylic acids is 2. The van der Waals surface area contributed by atoms with E-state index in [-0.39, 0.29) is 17.7 Å². The lowest BCUT2D eigenvalue weighted by Crippen LogP contribution is -2.44. The van der Waals surface area contributed by atoms with Gasteiger partial charge in [0.05, 0.1) is 5.92 Å². The van der Waals surface area contributed by atoms with Crippen LogP contribution in [0.4, 0.5) is 0 Å². The van der Waals surface area contributed by atoms with Crippen LogP contribution in [-0.2, 0) is 9.59 Å². The van der Waals surface area contributed by atoms with Gasteiger partial charge in [-0.15, -0.1) is 0 Å². The van der Waals surface area contributed by atoms with E-state index < -0.39 is 0 Å². The van der Waals surface area contributed by atoms with Gasteiger partial charge in [0.15, 0.2) is 0 Å². The lowest BCUT2D eigenvalue weighted by atomic mass is 9.97. The summed E-state index contributed by atoms with van der Waals surface area (Å²) in [7, 11) is 0. The van der Waals surface area contributed by atoms with Crippen LogP contribution in [0.15, 0.2) is 0 Å². The first-order chi connectivity index (χ1) is 12.2. The van der Waals surface area contributed by atoms with Crippen molar-refractivity contribution in [1.82, 2.24) is 15.5 Å². The van der Waals surface area contributed by atoms with E-state index in [9.17, 15) is 9.59 Å². The second kappa shape index (κ2) is 11.5. The Bertz CT molecular complexity index is 408. The first-order valence-electron chi connectivity index (χ1n) is 10.5. The molecular formula is C20H37N3O2. The molecule has 25 heavy (non-hydrogen) atoms. The molecule has 1 atom stereocenters. The number of amides is 2. The number of unbranched alkanes of at least 4 members (excludes halogenated alkanes) is 3. The monoisotopic (exact) mass is 351 g/mol. The van der Waals surface area contributed by atoms with Crippen LogP contribution in [0.1, 0.15) is 77.6 Å². The highest BCUT2D eigenvalue weighted by Crippen LogP contribution is 2.19. The van der Waals surface area contributed by atoms with Gasteiger partial charge >= 0.3 is 0 Å². The molecule has 2 amide bonds. The molecule has 0 aromatic carbocycles. The fourth-order valence-electron chi connectivity index (χ4n) is 4.01. The summed E-state index contributed by atoms with van der Waals surface area (Å²) >= 11 is 0. The zero-order chi connectivity index (χ0) is 17.9. The van der Waals surface area contributed by atoms with Gasteiger partial charge in [-0.2, -0.15) is 0 Å². The molecule has 2 rings (SSSR count). The number of hydrogen-bond donors (Lipinski definition) is 2. The molecule has 0 spiro atoms. The van der Waals surface area contributed by atoms with Gasteiger partial charge in [-0.3, -0.25) is 9.59 Å². The molecule has 1 saturated carbocycles. The highest BCUT2D eigenvalue weighted by molar-refractivity contribution is 5.79. The minimum atomic E-state index is 0.0952. The van der Waals surface area contributed by atoms with Crippen molar-refractivity contribution >= 4 is 11.8 Å². The molecule has 1 heterocycles. The number of hydrogen-bond acceptors (Lipinski definition) is 3. The predicted molar refractivity (Wildman–Crippen MR) is 101 cm³/mol. The van der Waals surface area contributed by atoms with E-state index in [2.05, 4.69) is 22.5 Å². The average molecular weight is 352 g/mol. The Morgan fingerprint density at radius 2 is 1.84 bits per heavy atom. The molecule has 0 bridgehead atoms. The molecule has 0 radical (unpaired) electrons. The quantitative estimate of drug-likeness (QED) is 0.595. The van der Waals surface area contributed by atoms with Crippen LogP contribution in [-0.4, -0.2) is 48.9 Å². The number of likely N-dealkylation sites (tertiary alicyclic amines) is 1. The van der Waals surface area contributed by atoms with Crippen molar-refractivity contribution in [2.75, 3.05) is 26.2 Å². The Balaban J connectivity index is 1.60. The normalized spacial score (nSPS) is 22.0. The van der Waals surface area contributed by atoms with Crippen LogP contribution in [0.2, 0.25) is 0 Å². The van der Waals surface area contributed by atoms with Gasteiger partial charge in [-0.25, -0.2) is 0 Å². The van der Waals surface area contributed by atoms with Gasteiger partial charge in [0.2, 0.25) is 11.8 Å². The van der Waals surface area contributed by atoms with Crippen molar-refractivity contribution in [1.29, 1.82) is 0 Å². The van der Waals surface area contributed by atoms with Crippen LogP contribution in [0.5, 0.6) is 0 Å². The zero-order valence-corrected chi connectivity index (χ0v) is 16.0. The molecule has 2 aliphatic rings. The number of nitrogens with zero attached hydrogens (tertiary/aromatic N) is 1. The minimum Gasteiger partial charge on any atom is -0.356 e. The van der Waals surface area contributed by atoms with Crippen LogP contribution in [0.25, 0.3) is 0 Å². The maximum atomic E-state index is 12.3. The first-order valence-corrected chi connectivity index (χ1v) is 10.5. The van der Waals surface area contributed by atoms with Crippen molar-refractivity contribution in [3.63, 3.8) is 0 Å². The third kappa shape index (κ3) is 7.76. The second-order valence-electron chi connectivity index (χ2n) is 7.79. The number of carbonyl (C=O) groups is 2. The fourth-order valence-corrected chi connectivity index (χ4v) is 4.01. The largest absolute Gasteiger partial charge is 0.356 e. The number of piperidine rings is 1. The zero-order valence-electron chi connectivity index (χ0n) is 16.0. The Morgan fingerprint density at radius 3 is 2.60 bits per heavy atom. The SMILES string of the molecule is CCCCCCNC(=O)C1CCCN(CCC(=O)NC2CCCC2)C1. The highest BCUT2D eigenvalue weighted by Gasteiger charge is 2.26. The van der Waals surface area contributed by atoms with Gasteiger partial charge in [0.1, 0.15) is 0 Å². The summed E-state index contributed by atoms with van der Waals surface area (Å²) in [6.07, 6.45) is 12.1. The highest BCUT2D eigenvalue weighted by atomic mass is 16.2. The summed E-state index contributed by atoms with van der Waals surface area (Å²) in [6.45, 7) is 5.59. The van der Waals surface area contributed by atoms with Crippen LogP contribution < -0.4 is 10.6 Å². The third-order valence-electron chi connectivity index (χ3n) is 5.58. The van der Waals surface area contributed by atoms with Crippen molar-refractivity contribution in [2.45, 2.75) is 83.6 Å². The van der Waals surface area contributed by atoms with E-state index in [1.807, 2.05) is 0 Å². The number of rotatable bonds is 10. The summed E-state index contributed by atoms with van der Waals surface area (Å²) in [5.74, 6) is 0.476. The summed E-state index contributed by atoms with van der Waals surface area (Å²) in [4.78, 5) is 26.7. The molecule has 2 N–H and O–H groups in total. The molecule has 1 saturated heterocycles. The maximum absolute atomic E-state index is 12.3. The van der Waals surface area contributed by atoms with Crippen molar-refractivity contribution in [3.8, 4) is 0 Å². The molecular weight excluding hydrogens is 314 g/mol. The van der Waals surface area contributed by atoms with Crippen LogP contribution in [0, 0.1) is 5.92 Å². The molecule has 2 fully saturated rings. The van der Waals surface area contributed by atoms with E-state index in [1.54, 1.807) is 0 Å². The smallest absolute Gasteiger partial charge is 0.224 e. The molecule has 144 valence electrons. The van der Waals surface area contributed by atoms with Gasteiger partial charge in [-0.05, 0) is 38.6 Å². The Kier molecular flexibility index (Phi) is 9.30. The van der Waals surface area contributed by atoms with Crippen molar-refractivity contribution in [3.05, 3.63) is 0 Å². The predicted octanol–water partition coefficient (Wildman–Crippen LogP) is 2.84. The summed E-state index contributed by atoms with van der Waals surface area (Å²) in [5, 5.41) is 6.25. The molecule has 1 unspecified atom stereocenters. The standard InChI is InChI=1S/C20H37N3O2/c1-2-3-4-7-13-21-20(25)17-9-8-14-23(16-17)15-12-19(24)22-18-10-5-6-11-18/h17-18H,2-16H2,1H3,(H,21,25)(H,22,24). The Hall–Kier alpha value is -1.10. The van der Waals surface area contributed by atoms with E-state index in [1.165, 1.54) is 32.1 Å². The molecule has 1 aliphatic carbocycles. The Labute approximate surface area is 153 Å². The summed E-state index contributed by atoms with van der Waals surface area (Å²) < 4.78 is 0. The fraction of sp³-hybridized carbons (Fsp3) is 0.900. The van der Waals surface area contributed by atoms with Crippen molar-refractivity contribution in [2.24, 2.45) is 5.92 Å². The Morgan fingerprint density at radius 1 is 1.04 bits per heavy atom. The maximum Gasteiger partial charge on any atom is 0.224 e. The lowest BCUT2D eigenvalue weighted by molar-refractivity contribution is -0.126. The third-order valence-corrected chi connectivity index (χ3v) is 5.58.